The molecule has 0 heterocycles. The molecular weight excluding hydrogens is 303 g/mol. The normalized spacial score (nSPS) is 10.2. The minimum Gasteiger partial charge on any atom is -0.281 e. The standard InChI is InChI=1S/C13H8BrFOS/c14-11-8-10(6-7-12(11)15)17-13(16)9-4-2-1-3-5-9/h1-8H. The second kappa shape index (κ2) is 5.47. The van der Waals surface area contributed by atoms with Gasteiger partial charge in [0.15, 0.2) is 0 Å². The zero-order chi connectivity index (χ0) is 12.3. The van der Waals surface area contributed by atoms with Crippen molar-refractivity contribution in [3.05, 3.63) is 64.4 Å². The van der Waals surface area contributed by atoms with Crippen molar-refractivity contribution in [2.24, 2.45) is 0 Å². The quantitative estimate of drug-likeness (QED) is 0.759. The maximum atomic E-state index is 13.0. The molecule has 0 atom stereocenters. The number of hydrogen-bond acceptors (Lipinski definition) is 2. The fraction of sp³-hybridized carbons (Fsp3) is 0. The van der Waals surface area contributed by atoms with Crippen LogP contribution in [-0.4, -0.2) is 5.12 Å². The molecule has 4 heteroatoms. The SMILES string of the molecule is O=C(Sc1ccc(F)c(Br)c1)c1ccccc1. The average Bonchev–Trinajstić information content (AvgIpc) is 2.35. The van der Waals surface area contributed by atoms with Gasteiger partial charge in [-0.2, -0.15) is 0 Å². The zero-order valence-electron chi connectivity index (χ0n) is 8.69. The second-order valence-electron chi connectivity index (χ2n) is 3.33. The molecule has 0 saturated heterocycles. The van der Waals surface area contributed by atoms with Crippen molar-refractivity contribution in [1.82, 2.24) is 0 Å². The summed E-state index contributed by atoms with van der Waals surface area (Å²) in [5, 5.41) is -0.0518. The van der Waals surface area contributed by atoms with Gasteiger partial charge >= 0.3 is 0 Å². The molecule has 0 unspecified atom stereocenters. The molecular formula is C13H8BrFOS. The Morgan fingerprint density at radius 3 is 2.47 bits per heavy atom. The summed E-state index contributed by atoms with van der Waals surface area (Å²) in [6.45, 7) is 0. The highest BCUT2D eigenvalue weighted by Gasteiger charge is 2.08. The Morgan fingerprint density at radius 2 is 1.82 bits per heavy atom. The summed E-state index contributed by atoms with van der Waals surface area (Å²) in [6, 6.07) is 13.5. The largest absolute Gasteiger partial charge is 0.281 e. The molecule has 0 fully saturated rings. The molecule has 0 amide bonds. The van der Waals surface area contributed by atoms with Crippen molar-refractivity contribution < 1.29 is 9.18 Å². The first-order valence-electron chi connectivity index (χ1n) is 4.89. The summed E-state index contributed by atoms with van der Waals surface area (Å²) >= 11 is 4.18. The van der Waals surface area contributed by atoms with Gasteiger partial charge in [0.1, 0.15) is 5.82 Å². The summed E-state index contributed by atoms with van der Waals surface area (Å²) in [7, 11) is 0. The van der Waals surface area contributed by atoms with E-state index in [2.05, 4.69) is 15.9 Å². The zero-order valence-corrected chi connectivity index (χ0v) is 11.1. The van der Waals surface area contributed by atoms with Gasteiger partial charge in [0.25, 0.3) is 0 Å². The molecule has 0 aliphatic heterocycles. The van der Waals surface area contributed by atoms with Crippen molar-refractivity contribution in [2.75, 3.05) is 0 Å². The van der Waals surface area contributed by atoms with Crippen LogP contribution >= 0.6 is 27.7 Å². The van der Waals surface area contributed by atoms with Gasteiger partial charge in [-0.1, -0.05) is 30.3 Å². The number of hydrogen-bond donors (Lipinski definition) is 0. The minimum absolute atomic E-state index is 0.0518. The molecule has 2 aromatic rings. The van der Waals surface area contributed by atoms with E-state index in [-0.39, 0.29) is 10.9 Å². The number of thioether (sulfide) groups is 1. The Labute approximate surface area is 111 Å². The van der Waals surface area contributed by atoms with E-state index < -0.39 is 0 Å². The molecule has 0 aromatic heterocycles. The maximum absolute atomic E-state index is 13.0. The topological polar surface area (TPSA) is 17.1 Å². The third-order valence-electron chi connectivity index (χ3n) is 2.11. The predicted molar refractivity (Wildman–Crippen MR) is 70.7 cm³/mol. The van der Waals surface area contributed by atoms with E-state index in [1.165, 1.54) is 6.07 Å². The van der Waals surface area contributed by atoms with E-state index in [0.717, 1.165) is 11.8 Å². The summed E-state index contributed by atoms with van der Waals surface area (Å²) in [4.78, 5) is 12.6. The van der Waals surface area contributed by atoms with Crippen LogP contribution < -0.4 is 0 Å². The smallest absolute Gasteiger partial charge is 0.224 e. The minimum atomic E-state index is -0.332. The van der Waals surface area contributed by atoms with Crippen LogP contribution in [0.4, 0.5) is 4.39 Å². The Morgan fingerprint density at radius 1 is 1.12 bits per heavy atom. The van der Waals surface area contributed by atoms with Crippen LogP contribution in [0.5, 0.6) is 0 Å². The van der Waals surface area contributed by atoms with Gasteiger partial charge in [0, 0.05) is 10.5 Å². The molecule has 86 valence electrons. The van der Waals surface area contributed by atoms with Crippen LogP contribution in [0.15, 0.2) is 57.9 Å². The third kappa shape index (κ3) is 3.17. The Bertz CT molecular complexity index is 542. The van der Waals surface area contributed by atoms with Crippen LogP contribution in [0.1, 0.15) is 10.4 Å². The van der Waals surface area contributed by atoms with E-state index in [0.29, 0.717) is 14.9 Å². The van der Waals surface area contributed by atoms with Crippen molar-refractivity contribution >= 4 is 32.8 Å². The molecule has 0 radical (unpaired) electrons. The molecule has 0 spiro atoms. The molecule has 0 aliphatic rings. The van der Waals surface area contributed by atoms with Crippen LogP contribution in [0.3, 0.4) is 0 Å². The van der Waals surface area contributed by atoms with E-state index in [1.807, 2.05) is 18.2 Å². The lowest BCUT2D eigenvalue weighted by Gasteiger charge is -2.02. The molecule has 2 rings (SSSR count). The third-order valence-corrected chi connectivity index (χ3v) is 3.63. The lowest BCUT2D eigenvalue weighted by atomic mass is 10.2. The monoisotopic (exact) mass is 310 g/mol. The van der Waals surface area contributed by atoms with Crippen molar-refractivity contribution in [3.8, 4) is 0 Å². The first kappa shape index (κ1) is 12.3. The average molecular weight is 311 g/mol. The molecule has 0 saturated carbocycles. The predicted octanol–water partition coefficient (Wildman–Crippen LogP) is 4.52. The Kier molecular flexibility index (Phi) is 3.97. The van der Waals surface area contributed by atoms with Crippen LogP contribution in [0.2, 0.25) is 0 Å². The van der Waals surface area contributed by atoms with Gasteiger partial charge in [-0.15, -0.1) is 0 Å². The Hall–Kier alpha value is -1.13. The van der Waals surface area contributed by atoms with Crippen molar-refractivity contribution in [2.45, 2.75) is 4.90 Å². The van der Waals surface area contributed by atoms with Gasteiger partial charge in [-0.05, 0) is 45.9 Å². The van der Waals surface area contributed by atoms with Crippen LogP contribution in [0.25, 0.3) is 0 Å². The number of carbonyl (C=O) groups excluding carboxylic acids is 1. The fourth-order valence-electron chi connectivity index (χ4n) is 1.28. The van der Waals surface area contributed by atoms with Gasteiger partial charge in [-0.3, -0.25) is 4.79 Å². The van der Waals surface area contributed by atoms with Crippen LogP contribution in [-0.2, 0) is 0 Å². The maximum Gasteiger partial charge on any atom is 0.224 e. The summed E-state index contributed by atoms with van der Waals surface area (Å²) in [5.41, 5.74) is 0.637. The fourth-order valence-corrected chi connectivity index (χ4v) is 2.59. The lowest BCUT2D eigenvalue weighted by molar-refractivity contribution is 0.108. The first-order chi connectivity index (χ1) is 8.16. The Balaban J connectivity index is 2.16. The van der Waals surface area contributed by atoms with Crippen LogP contribution in [0, 0.1) is 5.82 Å². The number of benzene rings is 2. The van der Waals surface area contributed by atoms with Crippen molar-refractivity contribution in [3.63, 3.8) is 0 Å². The number of rotatable bonds is 2. The van der Waals surface area contributed by atoms with Gasteiger partial charge in [-0.25, -0.2) is 4.39 Å². The number of carbonyl (C=O) groups is 1. The summed E-state index contributed by atoms with van der Waals surface area (Å²) in [6.07, 6.45) is 0. The number of halogens is 2. The second-order valence-corrected chi connectivity index (χ2v) is 5.23. The highest BCUT2D eigenvalue weighted by molar-refractivity contribution is 9.10. The molecule has 0 bridgehead atoms. The molecule has 0 aliphatic carbocycles. The highest BCUT2D eigenvalue weighted by atomic mass is 79.9. The summed E-state index contributed by atoms with van der Waals surface area (Å²) in [5.74, 6) is -0.332. The molecule has 1 nitrogen and oxygen atoms in total. The van der Waals surface area contributed by atoms with Gasteiger partial charge < -0.3 is 0 Å². The van der Waals surface area contributed by atoms with Gasteiger partial charge in [0.05, 0.1) is 4.47 Å². The molecule has 2 aromatic carbocycles. The van der Waals surface area contributed by atoms with Crippen molar-refractivity contribution in [1.29, 1.82) is 0 Å². The lowest BCUT2D eigenvalue weighted by Crippen LogP contribution is -1.92. The summed E-state index contributed by atoms with van der Waals surface area (Å²) < 4.78 is 13.4. The first-order valence-corrected chi connectivity index (χ1v) is 6.50. The molecule has 17 heavy (non-hydrogen) atoms. The van der Waals surface area contributed by atoms with E-state index in [9.17, 15) is 9.18 Å². The van der Waals surface area contributed by atoms with E-state index in [4.69, 9.17) is 0 Å². The highest BCUT2D eigenvalue weighted by Crippen LogP contribution is 2.27. The van der Waals surface area contributed by atoms with E-state index >= 15 is 0 Å². The van der Waals surface area contributed by atoms with E-state index in [1.54, 1.807) is 24.3 Å². The molecule has 0 N–H and O–H groups in total. The van der Waals surface area contributed by atoms with Gasteiger partial charge in [0.2, 0.25) is 5.12 Å².